The smallest absolute Gasteiger partial charge is 0.256 e. The van der Waals surface area contributed by atoms with E-state index in [0.29, 0.717) is 5.69 Å². The van der Waals surface area contributed by atoms with E-state index in [1.54, 1.807) is 0 Å². The van der Waals surface area contributed by atoms with Gasteiger partial charge in [0.25, 0.3) is 5.91 Å². The SMILES string of the molecule is Cc1ccc(N2C(=O)C[C@@H](Nc3ccc(N4CCOCC4)cc3)C2=O)cc1. The number of carbonyl (C=O) groups is 2. The van der Waals surface area contributed by atoms with Gasteiger partial charge in [-0.2, -0.15) is 0 Å². The zero-order valence-electron chi connectivity index (χ0n) is 15.4. The topological polar surface area (TPSA) is 61.9 Å². The van der Waals surface area contributed by atoms with E-state index in [1.807, 2.05) is 55.5 Å². The summed E-state index contributed by atoms with van der Waals surface area (Å²) in [4.78, 5) is 28.7. The minimum Gasteiger partial charge on any atom is -0.378 e. The molecule has 6 nitrogen and oxygen atoms in total. The molecule has 2 amide bonds. The number of aryl methyl sites for hydroxylation is 1. The maximum atomic E-state index is 12.7. The molecule has 140 valence electrons. The summed E-state index contributed by atoms with van der Waals surface area (Å²) in [7, 11) is 0. The van der Waals surface area contributed by atoms with E-state index in [0.717, 1.165) is 43.2 Å². The van der Waals surface area contributed by atoms with Crippen LogP contribution in [0.1, 0.15) is 12.0 Å². The molecule has 2 aromatic rings. The first-order chi connectivity index (χ1) is 13.1. The molecule has 2 fully saturated rings. The van der Waals surface area contributed by atoms with E-state index in [-0.39, 0.29) is 18.2 Å². The Kier molecular flexibility index (Phi) is 4.81. The van der Waals surface area contributed by atoms with Crippen molar-refractivity contribution in [1.82, 2.24) is 0 Å². The van der Waals surface area contributed by atoms with Gasteiger partial charge in [-0.15, -0.1) is 0 Å². The summed E-state index contributed by atoms with van der Waals surface area (Å²) in [5.41, 5.74) is 3.69. The van der Waals surface area contributed by atoms with Crippen LogP contribution >= 0.6 is 0 Å². The molecule has 0 aromatic heterocycles. The van der Waals surface area contributed by atoms with E-state index in [2.05, 4.69) is 10.2 Å². The van der Waals surface area contributed by atoms with Crippen LogP contribution in [0.4, 0.5) is 17.1 Å². The molecule has 1 atom stereocenters. The molecule has 2 aliphatic heterocycles. The monoisotopic (exact) mass is 365 g/mol. The highest BCUT2D eigenvalue weighted by Gasteiger charge is 2.39. The van der Waals surface area contributed by atoms with Crippen LogP contribution in [-0.2, 0) is 14.3 Å². The average molecular weight is 365 g/mol. The number of imide groups is 1. The van der Waals surface area contributed by atoms with Gasteiger partial charge in [0.15, 0.2) is 0 Å². The zero-order valence-corrected chi connectivity index (χ0v) is 15.4. The first kappa shape index (κ1) is 17.5. The highest BCUT2D eigenvalue weighted by molar-refractivity contribution is 6.23. The molecular formula is C21H23N3O3. The van der Waals surface area contributed by atoms with Crippen molar-refractivity contribution < 1.29 is 14.3 Å². The van der Waals surface area contributed by atoms with Crippen LogP contribution in [-0.4, -0.2) is 44.2 Å². The minimum absolute atomic E-state index is 0.165. The van der Waals surface area contributed by atoms with Crippen LogP contribution in [0.5, 0.6) is 0 Å². The van der Waals surface area contributed by atoms with E-state index < -0.39 is 6.04 Å². The number of rotatable bonds is 4. The number of ether oxygens (including phenoxy) is 1. The normalized spacial score (nSPS) is 20.3. The van der Waals surface area contributed by atoms with Gasteiger partial charge >= 0.3 is 0 Å². The van der Waals surface area contributed by atoms with E-state index in [9.17, 15) is 9.59 Å². The Hall–Kier alpha value is -2.86. The predicted octanol–water partition coefficient (Wildman–Crippen LogP) is 2.58. The third-order valence-electron chi connectivity index (χ3n) is 5.02. The van der Waals surface area contributed by atoms with Crippen molar-refractivity contribution in [2.24, 2.45) is 0 Å². The van der Waals surface area contributed by atoms with Gasteiger partial charge in [-0.25, -0.2) is 4.90 Å². The molecule has 0 aliphatic carbocycles. The number of carbonyl (C=O) groups excluding carboxylic acids is 2. The maximum absolute atomic E-state index is 12.7. The van der Waals surface area contributed by atoms with Crippen LogP contribution in [0.3, 0.4) is 0 Å². The van der Waals surface area contributed by atoms with Crippen molar-refractivity contribution in [1.29, 1.82) is 0 Å². The van der Waals surface area contributed by atoms with E-state index in [1.165, 1.54) is 4.90 Å². The number of hydrogen-bond acceptors (Lipinski definition) is 5. The average Bonchev–Trinajstić information content (AvgIpc) is 2.97. The molecule has 0 bridgehead atoms. The fourth-order valence-corrected chi connectivity index (χ4v) is 3.50. The number of nitrogens with one attached hydrogen (secondary N) is 1. The summed E-state index contributed by atoms with van der Waals surface area (Å²) in [6, 6.07) is 14.9. The molecule has 0 spiro atoms. The molecular weight excluding hydrogens is 342 g/mol. The lowest BCUT2D eigenvalue weighted by molar-refractivity contribution is -0.121. The molecule has 2 heterocycles. The molecule has 2 aromatic carbocycles. The quantitative estimate of drug-likeness (QED) is 0.844. The number of morpholine rings is 1. The van der Waals surface area contributed by atoms with Gasteiger partial charge in [-0.3, -0.25) is 9.59 Å². The van der Waals surface area contributed by atoms with Gasteiger partial charge in [0.1, 0.15) is 6.04 Å². The molecule has 6 heteroatoms. The lowest BCUT2D eigenvalue weighted by atomic mass is 10.2. The third-order valence-corrected chi connectivity index (χ3v) is 5.02. The Morgan fingerprint density at radius 3 is 2.22 bits per heavy atom. The highest BCUT2D eigenvalue weighted by Crippen LogP contribution is 2.26. The lowest BCUT2D eigenvalue weighted by Crippen LogP contribution is -2.36. The van der Waals surface area contributed by atoms with Gasteiger partial charge in [0.2, 0.25) is 5.91 Å². The van der Waals surface area contributed by atoms with Gasteiger partial charge in [-0.05, 0) is 43.3 Å². The summed E-state index contributed by atoms with van der Waals surface area (Å²) in [5.74, 6) is -0.382. The molecule has 0 saturated carbocycles. The predicted molar refractivity (Wildman–Crippen MR) is 105 cm³/mol. The van der Waals surface area contributed by atoms with E-state index in [4.69, 9.17) is 4.74 Å². The van der Waals surface area contributed by atoms with Crippen molar-refractivity contribution >= 4 is 28.9 Å². The number of anilines is 3. The molecule has 2 aliphatic rings. The van der Waals surface area contributed by atoms with Crippen LogP contribution in [0.25, 0.3) is 0 Å². The molecule has 0 unspecified atom stereocenters. The molecule has 2 saturated heterocycles. The Bertz CT molecular complexity index is 827. The Labute approximate surface area is 158 Å². The summed E-state index contributed by atoms with van der Waals surface area (Å²) in [6.45, 7) is 5.23. The van der Waals surface area contributed by atoms with Gasteiger partial charge in [0.05, 0.1) is 25.3 Å². The first-order valence-electron chi connectivity index (χ1n) is 9.24. The van der Waals surface area contributed by atoms with Crippen LogP contribution < -0.4 is 15.1 Å². The number of amides is 2. The largest absolute Gasteiger partial charge is 0.378 e. The standard InChI is InChI=1S/C21H23N3O3/c1-15-2-6-18(7-3-15)24-20(25)14-19(21(24)26)22-16-4-8-17(9-5-16)23-10-12-27-13-11-23/h2-9,19,22H,10-14H2,1H3/t19-/m1/s1. The Balaban J connectivity index is 1.44. The second-order valence-electron chi connectivity index (χ2n) is 6.95. The van der Waals surface area contributed by atoms with Crippen LogP contribution in [0.2, 0.25) is 0 Å². The second-order valence-corrected chi connectivity index (χ2v) is 6.95. The molecule has 0 radical (unpaired) electrons. The van der Waals surface area contributed by atoms with Gasteiger partial charge in [0, 0.05) is 24.5 Å². The van der Waals surface area contributed by atoms with Crippen molar-refractivity contribution in [3.05, 3.63) is 54.1 Å². The van der Waals surface area contributed by atoms with Gasteiger partial charge < -0.3 is 15.0 Å². The van der Waals surface area contributed by atoms with Crippen molar-refractivity contribution in [3.63, 3.8) is 0 Å². The maximum Gasteiger partial charge on any atom is 0.256 e. The Morgan fingerprint density at radius 1 is 0.926 bits per heavy atom. The van der Waals surface area contributed by atoms with Crippen molar-refractivity contribution in [3.8, 4) is 0 Å². The lowest BCUT2D eigenvalue weighted by Gasteiger charge is -2.29. The van der Waals surface area contributed by atoms with E-state index >= 15 is 0 Å². The van der Waals surface area contributed by atoms with Crippen LogP contribution in [0, 0.1) is 6.92 Å². The zero-order chi connectivity index (χ0) is 18.8. The number of benzene rings is 2. The summed E-state index contributed by atoms with van der Waals surface area (Å²) in [6.07, 6.45) is 0.165. The highest BCUT2D eigenvalue weighted by atomic mass is 16.5. The van der Waals surface area contributed by atoms with Crippen molar-refractivity contribution in [2.45, 2.75) is 19.4 Å². The summed E-state index contributed by atoms with van der Waals surface area (Å²) >= 11 is 0. The fourth-order valence-electron chi connectivity index (χ4n) is 3.50. The number of hydrogen-bond donors (Lipinski definition) is 1. The number of nitrogens with zero attached hydrogens (tertiary/aromatic N) is 2. The Morgan fingerprint density at radius 2 is 1.56 bits per heavy atom. The molecule has 4 rings (SSSR count). The molecule has 1 N–H and O–H groups in total. The third kappa shape index (κ3) is 3.66. The summed E-state index contributed by atoms with van der Waals surface area (Å²) < 4.78 is 5.38. The van der Waals surface area contributed by atoms with Gasteiger partial charge in [-0.1, -0.05) is 17.7 Å². The molecule has 27 heavy (non-hydrogen) atoms. The second kappa shape index (κ2) is 7.40. The minimum atomic E-state index is -0.534. The van der Waals surface area contributed by atoms with Crippen LogP contribution in [0.15, 0.2) is 48.5 Å². The summed E-state index contributed by atoms with van der Waals surface area (Å²) in [5, 5.41) is 3.21. The van der Waals surface area contributed by atoms with Crippen molar-refractivity contribution in [2.75, 3.05) is 41.4 Å². The first-order valence-corrected chi connectivity index (χ1v) is 9.24. The fraction of sp³-hybridized carbons (Fsp3) is 0.333.